The minimum atomic E-state index is 0.0365. The van der Waals surface area contributed by atoms with Gasteiger partial charge in [-0.1, -0.05) is 34.6 Å². The van der Waals surface area contributed by atoms with Gasteiger partial charge >= 0.3 is 0 Å². The third-order valence-corrected chi connectivity index (χ3v) is 2.70. The van der Waals surface area contributed by atoms with E-state index in [0.717, 1.165) is 18.9 Å². The van der Waals surface area contributed by atoms with E-state index in [-0.39, 0.29) is 11.3 Å². The molecule has 0 aromatic rings. The van der Waals surface area contributed by atoms with Crippen molar-refractivity contribution in [2.75, 3.05) is 33.0 Å². The minimum absolute atomic E-state index is 0.0365. The van der Waals surface area contributed by atoms with Crippen LogP contribution in [0.2, 0.25) is 0 Å². The van der Waals surface area contributed by atoms with Crippen molar-refractivity contribution in [2.24, 2.45) is 11.3 Å². The third-order valence-electron chi connectivity index (χ3n) is 2.70. The summed E-state index contributed by atoms with van der Waals surface area (Å²) in [6.45, 7) is 13.8. The van der Waals surface area contributed by atoms with Crippen molar-refractivity contribution in [1.82, 2.24) is 5.32 Å². The maximum atomic E-state index is 11.5. The maximum absolute atomic E-state index is 11.5. The molecule has 0 saturated carbocycles. The quantitative estimate of drug-likeness (QED) is 0.594. The van der Waals surface area contributed by atoms with Crippen molar-refractivity contribution in [3.8, 4) is 0 Å². The van der Waals surface area contributed by atoms with Gasteiger partial charge in [-0.05, 0) is 24.2 Å². The van der Waals surface area contributed by atoms with Crippen molar-refractivity contribution in [2.45, 2.75) is 53.9 Å². The monoisotopic (exact) mass is 287 g/mol. The highest BCUT2D eigenvalue weighted by atomic mass is 16.5. The molecule has 0 aliphatic carbocycles. The Morgan fingerprint density at radius 2 is 1.65 bits per heavy atom. The lowest BCUT2D eigenvalue weighted by atomic mass is 9.92. The van der Waals surface area contributed by atoms with Crippen molar-refractivity contribution < 1.29 is 14.3 Å². The number of rotatable bonds is 11. The van der Waals surface area contributed by atoms with Gasteiger partial charge in [-0.25, -0.2) is 0 Å². The average Bonchev–Trinajstić information content (AvgIpc) is 2.28. The Hall–Kier alpha value is -0.610. The lowest BCUT2D eigenvalue weighted by Crippen LogP contribution is -2.30. The third kappa shape index (κ3) is 15.4. The number of carbonyl (C=O) groups is 1. The second kappa shape index (κ2) is 11.1. The summed E-state index contributed by atoms with van der Waals surface area (Å²) < 4.78 is 10.9. The van der Waals surface area contributed by atoms with E-state index in [1.54, 1.807) is 0 Å². The van der Waals surface area contributed by atoms with Crippen LogP contribution in [0.3, 0.4) is 0 Å². The van der Waals surface area contributed by atoms with Gasteiger partial charge in [-0.3, -0.25) is 4.79 Å². The zero-order valence-corrected chi connectivity index (χ0v) is 14.0. The fraction of sp³-hybridized carbons (Fsp3) is 0.938. The molecule has 1 amide bonds. The summed E-state index contributed by atoms with van der Waals surface area (Å²) in [6.07, 6.45) is 2.87. The van der Waals surface area contributed by atoms with E-state index in [9.17, 15) is 4.79 Å². The Balaban J connectivity index is 3.23. The highest BCUT2D eigenvalue weighted by Gasteiger charge is 2.15. The maximum Gasteiger partial charge on any atom is 0.220 e. The first kappa shape index (κ1) is 19.4. The Morgan fingerprint density at radius 3 is 2.20 bits per heavy atom. The van der Waals surface area contributed by atoms with Crippen LogP contribution in [0.1, 0.15) is 53.9 Å². The fourth-order valence-corrected chi connectivity index (χ4v) is 1.72. The summed E-state index contributed by atoms with van der Waals surface area (Å²) in [5, 5.41) is 2.86. The van der Waals surface area contributed by atoms with Crippen LogP contribution in [0.15, 0.2) is 0 Å². The van der Waals surface area contributed by atoms with Crippen molar-refractivity contribution in [3.63, 3.8) is 0 Å². The van der Waals surface area contributed by atoms with Crippen LogP contribution in [0.4, 0.5) is 0 Å². The molecular formula is C16H33NO3. The molecule has 0 aliphatic heterocycles. The average molecular weight is 287 g/mol. The van der Waals surface area contributed by atoms with Gasteiger partial charge in [0.05, 0.1) is 19.8 Å². The van der Waals surface area contributed by atoms with E-state index in [1.807, 2.05) is 0 Å². The van der Waals surface area contributed by atoms with Crippen molar-refractivity contribution in [3.05, 3.63) is 0 Å². The van der Waals surface area contributed by atoms with Crippen LogP contribution < -0.4 is 5.32 Å². The molecule has 0 spiro atoms. The number of amides is 1. The normalized spacial score (nSPS) is 11.9. The number of ether oxygens (including phenoxy) is 2. The largest absolute Gasteiger partial charge is 0.379 e. The standard InChI is InChI=1S/C16H33NO3/c1-14(2)7-6-9-19-11-12-20-10-8-17-15(18)13-16(3,4)5/h14H,6-13H2,1-5H3,(H,17,18). The molecule has 4 nitrogen and oxygen atoms in total. The molecule has 0 heterocycles. The van der Waals surface area contributed by atoms with Gasteiger partial charge in [0.1, 0.15) is 0 Å². The molecule has 0 aromatic heterocycles. The Kier molecular flexibility index (Phi) is 10.8. The predicted octanol–water partition coefficient (Wildman–Crippen LogP) is 3.01. The number of hydrogen-bond acceptors (Lipinski definition) is 3. The molecule has 0 aromatic carbocycles. The van der Waals surface area contributed by atoms with E-state index in [1.165, 1.54) is 6.42 Å². The van der Waals surface area contributed by atoms with E-state index in [0.29, 0.717) is 32.8 Å². The van der Waals surface area contributed by atoms with E-state index in [4.69, 9.17) is 9.47 Å². The van der Waals surface area contributed by atoms with Gasteiger partial charge in [0.15, 0.2) is 0 Å². The van der Waals surface area contributed by atoms with E-state index >= 15 is 0 Å². The Bertz CT molecular complexity index is 247. The molecule has 0 aliphatic rings. The lowest BCUT2D eigenvalue weighted by Gasteiger charge is -2.17. The topological polar surface area (TPSA) is 47.6 Å². The van der Waals surface area contributed by atoms with Crippen LogP contribution >= 0.6 is 0 Å². The molecule has 120 valence electrons. The van der Waals surface area contributed by atoms with Crippen molar-refractivity contribution >= 4 is 5.91 Å². The molecule has 0 bridgehead atoms. The summed E-state index contributed by atoms with van der Waals surface area (Å²) >= 11 is 0. The summed E-state index contributed by atoms with van der Waals surface area (Å²) in [7, 11) is 0. The molecule has 0 radical (unpaired) electrons. The Morgan fingerprint density at radius 1 is 1.05 bits per heavy atom. The number of carbonyl (C=O) groups excluding carboxylic acids is 1. The summed E-state index contributed by atoms with van der Waals surface area (Å²) in [5.41, 5.74) is 0.0365. The first-order valence-electron chi connectivity index (χ1n) is 7.73. The van der Waals surface area contributed by atoms with E-state index < -0.39 is 0 Å². The molecule has 0 atom stereocenters. The Labute approximate surface area is 124 Å². The summed E-state index contributed by atoms with van der Waals surface area (Å²) in [4.78, 5) is 11.5. The van der Waals surface area contributed by atoms with Gasteiger partial charge < -0.3 is 14.8 Å². The van der Waals surface area contributed by atoms with Crippen LogP contribution in [0.5, 0.6) is 0 Å². The zero-order chi connectivity index (χ0) is 15.4. The van der Waals surface area contributed by atoms with Gasteiger partial charge in [-0.15, -0.1) is 0 Å². The minimum Gasteiger partial charge on any atom is -0.379 e. The summed E-state index contributed by atoms with van der Waals surface area (Å²) in [6, 6.07) is 0. The number of hydrogen-bond donors (Lipinski definition) is 1. The first-order chi connectivity index (χ1) is 9.31. The molecule has 0 rings (SSSR count). The molecule has 0 saturated heterocycles. The van der Waals surface area contributed by atoms with Crippen molar-refractivity contribution in [1.29, 1.82) is 0 Å². The predicted molar refractivity (Wildman–Crippen MR) is 82.8 cm³/mol. The van der Waals surface area contributed by atoms with Crippen LogP contribution in [-0.2, 0) is 14.3 Å². The van der Waals surface area contributed by atoms with Gasteiger partial charge in [0.25, 0.3) is 0 Å². The van der Waals surface area contributed by atoms with Crippen LogP contribution in [0.25, 0.3) is 0 Å². The molecule has 0 unspecified atom stereocenters. The first-order valence-corrected chi connectivity index (χ1v) is 7.73. The highest BCUT2D eigenvalue weighted by molar-refractivity contribution is 5.76. The molecule has 0 fully saturated rings. The molecule has 1 N–H and O–H groups in total. The van der Waals surface area contributed by atoms with Gasteiger partial charge in [-0.2, -0.15) is 0 Å². The zero-order valence-electron chi connectivity index (χ0n) is 14.0. The molecular weight excluding hydrogens is 254 g/mol. The highest BCUT2D eigenvalue weighted by Crippen LogP contribution is 2.17. The fourth-order valence-electron chi connectivity index (χ4n) is 1.72. The second-order valence-corrected chi connectivity index (χ2v) is 6.85. The molecule has 4 heteroatoms. The molecule has 20 heavy (non-hydrogen) atoms. The number of nitrogens with one attached hydrogen (secondary N) is 1. The summed E-state index contributed by atoms with van der Waals surface area (Å²) in [5.74, 6) is 0.831. The van der Waals surface area contributed by atoms with Gasteiger partial charge in [0.2, 0.25) is 5.91 Å². The smallest absolute Gasteiger partial charge is 0.220 e. The van der Waals surface area contributed by atoms with Crippen LogP contribution in [-0.4, -0.2) is 38.9 Å². The SMILES string of the molecule is CC(C)CCCOCCOCCNC(=O)CC(C)(C)C. The lowest BCUT2D eigenvalue weighted by molar-refractivity contribution is -0.123. The van der Waals surface area contributed by atoms with Crippen LogP contribution in [0, 0.1) is 11.3 Å². The second-order valence-electron chi connectivity index (χ2n) is 6.85. The van der Waals surface area contributed by atoms with Gasteiger partial charge in [0, 0.05) is 19.6 Å². The van der Waals surface area contributed by atoms with E-state index in [2.05, 4.69) is 39.9 Å².